The first kappa shape index (κ1) is 21.5. The van der Waals surface area contributed by atoms with Crippen molar-refractivity contribution in [2.75, 3.05) is 5.32 Å². The fraction of sp³-hybridized carbons (Fsp3) is 0.0476. The van der Waals surface area contributed by atoms with E-state index in [0.29, 0.717) is 16.5 Å². The van der Waals surface area contributed by atoms with E-state index in [-0.39, 0.29) is 10.8 Å². The van der Waals surface area contributed by atoms with Gasteiger partial charge in [-0.15, -0.1) is 0 Å². The number of hydrogen-bond acceptors (Lipinski definition) is 3. The summed E-state index contributed by atoms with van der Waals surface area (Å²) >= 11 is 13.2. The predicted octanol–water partition coefficient (Wildman–Crippen LogP) is 6.18. The summed E-state index contributed by atoms with van der Waals surface area (Å²) in [5.74, 6) is 0.209. The summed E-state index contributed by atoms with van der Waals surface area (Å²) in [7, 11) is 0. The van der Waals surface area contributed by atoms with Crippen LogP contribution >= 0.6 is 46.4 Å². The molecule has 148 valence electrons. The number of carbonyl (C=O) groups is 1. The Labute approximate surface area is 191 Å². The van der Waals surface area contributed by atoms with E-state index < -0.39 is 11.7 Å². The van der Waals surface area contributed by atoms with Crippen molar-refractivity contribution in [3.05, 3.63) is 80.3 Å². The smallest absolute Gasteiger partial charge is 0.250 e. The van der Waals surface area contributed by atoms with Crippen molar-refractivity contribution in [3.8, 4) is 11.3 Å². The van der Waals surface area contributed by atoms with Crippen molar-refractivity contribution in [1.29, 1.82) is 0 Å². The molecule has 3 rings (SSSR count). The molecule has 2 aromatic carbocycles. The molecule has 0 unspecified atom stereocenters. The third kappa shape index (κ3) is 5.88. The first-order valence-corrected chi connectivity index (χ1v) is 10.3. The zero-order valence-electron chi connectivity index (χ0n) is 15.1. The number of halogens is 3. The Morgan fingerprint density at radius 1 is 1.21 bits per heavy atom. The fourth-order valence-corrected chi connectivity index (χ4v) is 3.24. The second-order valence-electron chi connectivity index (χ2n) is 6.07. The van der Waals surface area contributed by atoms with Gasteiger partial charge in [0.05, 0.1) is 5.69 Å². The van der Waals surface area contributed by atoms with Gasteiger partial charge in [0.15, 0.2) is 5.11 Å². The molecule has 3 aromatic rings. The van der Waals surface area contributed by atoms with Gasteiger partial charge in [0.2, 0.25) is 5.91 Å². The van der Waals surface area contributed by atoms with Gasteiger partial charge in [-0.2, -0.15) is 0 Å². The van der Waals surface area contributed by atoms with Gasteiger partial charge in [-0.3, -0.25) is 10.1 Å². The summed E-state index contributed by atoms with van der Waals surface area (Å²) in [6, 6.07) is 13.8. The highest BCUT2D eigenvalue weighted by atomic mass is 127. The number of aryl methyl sites for hydroxylation is 1. The molecule has 4 nitrogen and oxygen atoms in total. The number of anilines is 1. The van der Waals surface area contributed by atoms with Crippen LogP contribution < -0.4 is 10.6 Å². The van der Waals surface area contributed by atoms with Crippen LogP contribution in [0.25, 0.3) is 17.4 Å². The molecule has 0 spiro atoms. The van der Waals surface area contributed by atoms with Crippen LogP contribution in [0.2, 0.25) is 5.02 Å². The Morgan fingerprint density at radius 2 is 2.00 bits per heavy atom. The molecule has 0 aliphatic heterocycles. The molecule has 0 aliphatic rings. The number of hydrogen-bond donors (Lipinski definition) is 2. The van der Waals surface area contributed by atoms with E-state index >= 15 is 0 Å². The van der Waals surface area contributed by atoms with Crippen molar-refractivity contribution in [2.24, 2.45) is 0 Å². The monoisotopic (exact) mass is 540 g/mol. The number of nitrogens with one attached hydrogen (secondary N) is 2. The highest BCUT2D eigenvalue weighted by Gasteiger charge is 2.08. The van der Waals surface area contributed by atoms with Gasteiger partial charge in [0.25, 0.3) is 0 Å². The molecular formula is C21H15ClFIN2O2S. The lowest BCUT2D eigenvalue weighted by Gasteiger charge is -2.09. The Hall–Kier alpha value is -2.23. The van der Waals surface area contributed by atoms with Crippen LogP contribution in [0.4, 0.5) is 10.1 Å². The number of furan rings is 1. The van der Waals surface area contributed by atoms with E-state index in [9.17, 15) is 9.18 Å². The molecule has 29 heavy (non-hydrogen) atoms. The first-order chi connectivity index (χ1) is 13.8. The van der Waals surface area contributed by atoms with Crippen LogP contribution in [-0.4, -0.2) is 11.0 Å². The van der Waals surface area contributed by atoms with E-state index in [4.69, 9.17) is 28.2 Å². The lowest BCUT2D eigenvalue weighted by molar-refractivity contribution is -0.115. The molecule has 0 bridgehead atoms. The molecular weight excluding hydrogens is 526 g/mol. The Morgan fingerprint density at radius 3 is 2.72 bits per heavy atom. The molecule has 1 aromatic heterocycles. The molecule has 0 saturated heterocycles. The van der Waals surface area contributed by atoms with E-state index in [1.807, 2.05) is 47.7 Å². The van der Waals surface area contributed by atoms with Gasteiger partial charge in [-0.05, 0) is 89.8 Å². The first-order valence-electron chi connectivity index (χ1n) is 8.43. The Bertz CT molecular complexity index is 1110. The molecule has 1 heterocycles. The van der Waals surface area contributed by atoms with Crippen molar-refractivity contribution >= 4 is 69.2 Å². The summed E-state index contributed by atoms with van der Waals surface area (Å²) in [5.41, 5.74) is 2.01. The van der Waals surface area contributed by atoms with Crippen LogP contribution in [0.3, 0.4) is 0 Å². The van der Waals surface area contributed by atoms with Gasteiger partial charge < -0.3 is 9.73 Å². The predicted molar refractivity (Wildman–Crippen MR) is 126 cm³/mol. The minimum Gasteiger partial charge on any atom is -0.457 e. The largest absolute Gasteiger partial charge is 0.457 e. The lowest BCUT2D eigenvalue weighted by atomic mass is 10.1. The highest BCUT2D eigenvalue weighted by molar-refractivity contribution is 14.1. The van der Waals surface area contributed by atoms with Crippen molar-refractivity contribution in [1.82, 2.24) is 5.32 Å². The maximum atomic E-state index is 13.8. The van der Waals surface area contributed by atoms with Crippen LogP contribution in [0.1, 0.15) is 11.3 Å². The van der Waals surface area contributed by atoms with Crippen molar-refractivity contribution < 1.29 is 13.6 Å². The maximum absolute atomic E-state index is 13.8. The third-order valence-corrected chi connectivity index (χ3v) is 5.18. The van der Waals surface area contributed by atoms with Gasteiger partial charge in [0.1, 0.15) is 17.3 Å². The molecule has 0 atom stereocenters. The number of rotatable bonds is 4. The number of carbonyl (C=O) groups excluding carboxylic acids is 1. The van der Waals surface area contributed by atoms with E-state index in [1.54, 1.807) is 24.3 Å². The average molecular weight is 541 g/mol. The van der Waals surface area contributed by atoms with E-state index in [2.05, 4.69) is 10.6 Å². The fourth-order valence-electron chi connectivity index (χ4n) is 2.40. The summed E-state index contributed by atoms with van der Waals surface area (Å²) in [5, 5.41) is 5.76. The second-order valence-corrected chi connectivity index (χ2v) is 8.13. The standard InChI is InChI=1S/C21H15ClFIN2O2S/c1-12-2-3-13(10-16(12)22)19-8-5-15(28-19)6-9-20(27)26-21(29)25-18-7-4-14(24)11-17(18)23/h2-11H,1H3,(H2,25,26,27,29)/b9-6+. The molecule has 0 saturated carbocycles. The average Bonchev–Trinajstić information content (AvgIpc) is 3.14. The maximum Gasteiger partial charge on any atom is 0.250 e. The normalized spacial score (nSPS) is 10.9. The van der Waals surface area contributed by atoms with Crippen molar-refractivity contribution in [3.63, 3.8) is 0 Å². The van der Waals surface area contributed by atoms with Crippen LogP contribution in [0.5, 0.6) is 0 Å². The number of thiocarbonyl (C=S) groups is 1. The van der Waals surface area contributed by atoms with Crippen LogP contribution in [0.15, 0.2) is 59.0 Å². The zero-order valence-corrected chi connectivity index (χ0v) is 18.9. The SMILES string of the molecule is Cc1ccc(-c2ccc(/C=C/C(=O)NC(=S)Nc3ccc(I)cc3F)o2)cc1Cl. The Kier molecular flexibility index (Phi) is 7.05. The third-order valence-electron chi connectivity index (χ3n) is 3.90. The quantitative estimate of drug-likeness (QED) is 0.236. The van der Waals surface area contributed by atoms with Gasteiger partial charge in [-0.25, -0.2) is 4.39 Å². The van der Waals surface area contributed by atoms with Crippen LogP contribution in [0, 0.1) is 16.3 Å². The summed E-state index contributed by atoms with van der Waals surface area (Å²) in [4.78, 5) is 12.0. The topological polar surface area (TPSA) is 54.3 Å². The second kappa shape index (κ2) is 9.51. The van der Waals surface area contributed by atoms with Gasteiger partial charge in [0, 0.05) is 20.2 Å². The number of amides is 1. The molecule has 0 fully saturated rings. The van der Waals surface area contributed by atoms with E-state index in [0.717, 1.165) is 14.7 Å². The lowest BCUT2D eigenvalue weighted by Crippen LogP contribution is -2.33. The minimum absolute atomic E-state index is 0.00538. The minimum atomic E-state index is -0.468. The van der Waals surface area contributed by atoms with E-state index in [1.165, 1.54) is 18.2 Å². The van der Waals surface area contributed by atoms with Gasteiger partial charge >= 0.3 is 0 Å². The highest BCUT2D eigenvalue weighted by Crippen LogP contribution is 2.27. The Balaban J connectivity index is 1.59. The van der Waals surface area contributed by atoms with Crippen molar-refractivity contribution in [2.45, 2.75) is 6.92 Å². The number of benzene rings is 2. The summed E-state index contributed by atoms with van der Waals surface area (Å²) in [6.07, 6.45) is 2.80. The molecule has 8 heteroatoms. The molecule has 0 radical (unpaired) electrons. The van der Waals surface area contributed by atoms with Gasteiger partial charge in [-0.1, -0.05) is 23.7 Å². The molecule has 2 N–H and O–H groups in total. The summed E-state index contributed by atoms with van der Waals surface area (Å²) < 4.78 is 20.3. The molecule has 1 amide bonds. The zero-order chi connectivity index (χ0) is 21.0. The van der Waals surface area contributed by atoms with Crippen LogP contribution in [-0.2, 0) is 4.79 Å². The molecule has 0 aliphatic carbocycles. The summed E-state index contributed by atoms with van der Waals surface area (Å²) in [6.45, 7) is 1.92.